The molecule has 7 heteroatoms. The van der Waals surface area contributed by atoms with Crippen molar-refractivity contribution in [2.24, 2.45) is 0 Å². The van der Waals surface area contributed by atoms with Gasteiger partial charge in [0.25, 0.3) is 0 Å². The molecule has 5 nitrogen and oxygen atoms in total. The van der Waals surface area contributed by atoms with Gasteiger partial charge in [-0.2, -0.15) is 0 Å². The minimum absolute atomic E-state index is 0.174. The molecule has 102 valence electrons. The minimum Gasteiger partial charge on any atom is -0.469 e. The molecule has 3 N–H and O–H groups in total. The first kappa shape index (κ1) is 14.1. The summed E-state index contributed by atoms with van der Waals surface area (Å²) in [7, 11) is -3.53. The average Bonchev–Trinajstić information content (AvgIpc) is 2.85. The molecule has 0 radical (unpaired) electrons. The van der Waals surface area contributed by atoms with Crippen molar-refractivity contribution < 1.29 is 12.8 Å². The Morgan fingerprint density at radius 2 is 2.11 bits per heavy atom. The zero-order chi connectivity index (χ0) is 13.9. The van der Waals surface area contributed by atoms with E-state index in [0.29, 0.717) is 16.6 Å². The summed E-state index contributed by atoms with van der Waals surface area (Å²) in [4.78, 5) is 0.174. The van der Waals surface area contributed by atoms with Crippen molar-refractivity contribution in [3.8, 4) is 0 Å². The molecule has 2 rings (SSSR count). The van der Waals surface area contributed by atoms with Crippen LogP contribution in [0.3, 0.4) is 0 Å². The Morgan fingerprint density at radius 1 is 1.32 bits per heavy atom. The standard InChI is InChI=1S/C12H13BrN2O3S/c13-11-8-10(3-4-12(11)14)19(16,17)15-6-5-9-2-1-7-18-9/h1-4,7-8,15H,5-6,14H2. The van der Waals surface area contributed by atoms with Crippen LogP contribution in [-0.2, 0) is 16.4 Å². The van der Waals surface area contributed by atoms with E-state index in [0.717, 1.165) is 5.76 Å². The maximum atomic E-state index is 12.0. The molecule has 1 heterocycles. The molecule has 0 aliphatic heterocycles. The van der Waals surface area contributed by atoms with E-state index in [1.807, 2.05) is 0 Å². The summed E-state index contributed by atoms with van der Waals surface area (Å²) in [5.74, 6) is 0.737. The number of nitrogens with two attached hydrogens (primary N) is 1. The number of hydrogen-bond donors (Lipinski definition) is 2. The van der Waals surface area contributed by atoms with E-state index in [4.69, 9.17) is 10.2 Å². The lowest BCUT2D eigenvalue weighted by atomic mass is 10.3. The Morgan fingerprint density at radius 3 is 2.74 bits per heavy atom. The number of nitrogen functional groups attached to an aromatic ring is 1. The normalized spacial score (nSPS) is 11.6. The van der Waals surface area contributed by atoms with Gasteiger partial charge in [0.2, 0.25) is 10.0 Å². The summed E-state index contributed by atoms with van der Waals surface area (Å²) in [5, 5.41) is 0. The third-order valence-electron chi connectivity index (χ3n) is 2.53. The average molecular weight is 345 g/mol. The Bertz CT molecular complexity index is 654. The van der Waals surface area contributed by atoms with Gasteiger partial charge in [-0.25, -0.2) is 13.1 Å². The Hall–Kier alpha value is -1.31. The van der Waals surface area contributed by atoms with Crippen LogP contribution in [0.2, 0.25) is 0 Å². The summed E-state index contributed by atoms with van der Waals surface area (Å²) in [6.07, 6.45) is 2.06. The van der Waals surface area contributed by atoms with Crippen LogP contribution in [0.4, 0.5) is 5.69 Å². The minimum atomic E-state index is -3.53. The van der Waals surface area contributed by atoms with E-state index in [1.54, 1.807) is 24.5 Å². The van der Waals surface area contributed by atoms with Crippen LogP contribution in [0, 0.1) is 0 Å². The highest BCUT2D eigenvalue weighted by Gasteiger charge is 2.14. The maximum absolute atomic E-state index is 12.0. The lowest BCUT2D eigenvalue weighted by Gasteiger charge is -2.07. The SMILES string of the molecule is Nc1ccc(S(=O)(=O)NCCc2ccco2)cc1Br. The second-order valence-corrected chi connectivity index (χ2v) is 6.53. The molecule has 0 saturated carbocycles. The fourth-order valence-electron chi connectivity index (χ4n) is 1.52. The first-order valence-corrected chi connectivity index (χ1v) is 7.84. The van der Waals surface area contributed by atoms with E-state index in [-0.39, 0.29) is 11.4 Å². The Balaban J connectivity index is 2.03. The highest BCUT2D eigenvalue weighted by atomic mass is 79.9. The lowest BCUT2D eigenvalue weighted by Crippen LogP contribution is -2.25. The van der Waals surface area contributed by atoms with Gasteiger partial charge in [-0.15, -0.1) is 0 Å². The van der Waals surface area contributed by atoms with Crippen LogP contribution in [0.5, 0.6) is 0 Å². The number of furan rings is 1. The third-order valence-corrected chi connectivity index (χ3v) is 4.67. The highest BCUT2D eigenvalue weighted by molar-refractivity contribution is 9.10. The van der Waals surface area contributed by atoms with Crippen molar-refractivity contribution in [1.82, 2.24) is 4.72 Å². The smallest absolute Gasteiger partial charge is 0.240 e. The van der Waals surface area contributed by atoms with Crippen LogP contribution in [0.25, 0.3) is 0 Å². The van der Waals surface area contributed by atoms with Crippen LogP contribution < -0.4 is 10.5 Å². The van der Waals surface area contributed by atoms with Crippen LogP contribution in [0.15, 0.2) is 50.4 Å². The second-order valence-electron chi connectivity index (χ2n) is 3.91. The van der Waals surface area contributed by atoms with Gasteiger partial charge in [0.15, 0.2) is 0 Å². The predicted octanol–water partition coefficient (Wildman–Crippen LogP) is 2.15. The number of nitrogens with one attached hydrogen (secondary N) is 1. The topological polar surface area (TPSA) is 85.3 Å². The fourth-order valence-corrected chi connectivity index (χ4v) is 3.11. The van der Waals surface area contributed by atoms with Crippen molar-refractivity contribution >= 4 is 31.6 Å². The van der Waals surface area contributed by atoms with Crippen LogP contribution in [0.1, 0.15) is 5.76 Å². The van der Waals surface area contributed by atoms with Crippen molar-refractivity contribution in [2.75, 3.05) is 12.3 Å². The number of sulfonamides is 1. The van der Waals surface area contributed by atoms with E-state index >= 15 is 0 Å². The second kappa shape index (κ2) is 5.77. The molecule has 19 heavy (non-hydrogen) atoms. The van der Waals surface area contributed by atoms with Gasteiger partial charge in [-0.05, 0) is 46.3 Å². The summed E-state index contributed by atoms with van der Waals surface area (Å²) >= 11 is 3.21. The molecule has 0 spiro atoms. The fraction of sp³-hybridized carbons (Fsp3) is 0.167. The quantitative estimate of drug-likeness (QED) is 0.813. The van der Waals surface area contributed by atoms with Gasteiger partial charge in [-0.3, -0.25) is 0 Å². The van der Waals surface area contributed by atoms with E-state index in [1.165, 1.54) is 12.1 Å². The molecule has 1 aromatic heterocycles. The van der Waals surface area contributed by atoms with Gasteiger partial charge in [0.1, 0.15) is 5.76 Å². The zero-order valence-electron chi connectivity index (χ0n) is 9.97. The van der Waals surface area contributed by atoms with Gasteiger partial charge in [-0.1, -0.05) is 0 Å². The molecule has 0 fully saturated rings. The van der Waals surface area contributed by atoms with Gasteiger partial charge in [0, 0.05) is 23.1 Å². The first-order valence-electron chi connectivity index (χ1n) is 5.56. The molecule has 0 atom stereocenters. The largest absolute Gasteiger partial charge is 0.469 e. The number of rotatable bonds is 5. The predicted molar refractivity (Wildman–Crippen MR) is 76.2 cm³/mol. The third kappa shape index (κ3) is 3.59. The molecule has 0 amide bonds. The Labute approximate surface area is 120 Å². The van der Waals surface area contributed by atoms with Crippen molar-refractivity contribution in [3.63, 3.8) is 0 Å². The molecule has 0 unspecified atom stereocenters. The number of hydrogen-bond acceptors (Lipinski definition) is 4. The summed E-state index contributed by atoms with van der Waals surface area (Å²) in [6, 6.07) is 8.06. The lowest BCUT2D eigenvalue weighted by molar-refractivity contribution is 0.506. The highest BCUT2D eigenvalue weighted by Crippen LogP contribution is 2.22. The van der Waals surface area contributed by atoms with Crippen LogP contribution in [-0.4, -0.2) is 15.0 Å². The van der Waals surface area contributed by atoms with Gasteiger partial charge in [0.05, 0.1) is 11.2 Å². The van der Waals surface area contributed by atoms with Gasteiger partial charge < -0.3 is 10.2 Å². The monoisotopic (exact) mass is 344 g/mol. The number of benzene rings is 1. The summed E-state index contributed by atoms with van der Waals surface area (Å²) in [5.41, 5.74) is 6.12. The summed E-state index contributed by atoms with van der Waals surface area (Å²) in [6.45, 7) is 0.276. The van der Waals surface area contributed by atoms with Crippen LogP contribution >= 0.6 is 15.9 Å². The van der Waals surface area contributed by atoms with E-state index < -0.39 is 10.0 Å². The molecule has 0 aliphatic rings. The molecule has 0 saturated heterocycles. The van der Waals surface area contributed by atoms with Gasteiger partial charge >= 0.3 is 0 Å². The summed E-state index contributed by atoms with van der Waals surface area (Å²) < 4.78 is 32.2. The molecular formula is C12H13BrN2O3S. The molecule has 0 aliphatic carbocycles. The number of halogens is 1. The first-order chi connectivity index (χ1) is 8.99. The molecule has 0 bridgehead atoms. The van der Waals surface area contributed by atoms with Crippen molar-refractivity contribution in [1.29, 1.82) is 0 Å². The van der Waals surface area contributed by atoms with Crippen molar-refractivity contribution in [3.05, 3.63) is 46.8 Å². The molecule has 1 aromatic carbocycles. The van der Waals surface area contributed by atoms with E-state index in [9.17, 15) is 8.42 Å². The zero-order valence-corrected chi connectivity index (χ0v) is 12.4. The maximum Gasteiger partial charge on any atom is 0.240 e. The number of anilines is 1. The van der Waals surface area contributed by atoms with E-state index in [2.05, 4.69) is 20.7 Å². The Kier molecular flexibility index (Phi) is 4.28. The molecular weight excluding hydrogens is 332 g/mol. The molecule has 2 aromatic rings. The van der Waals surface area contributed by atoms with Crippen molar-refractivity contribution in [2.45, 2.75) is 11.3 Å².